The Morgan fingerprint density at radius 1 is 1.13 bits per heavy atom. The van der Waals surface area contributed by atoms with Crippen molar-refractivity contribution in [3.8, 4) is 5.69 Å². The van der Waals surface area contributed by atoms with Crippen LogP contribution in [0.1, 0.15) is 5.56 Å². The summed E-state index contributed by atoms with van der Waals surface area (Å²) in [5.41, 5.74) is 0.405. The number of carbonyl (C=O) groups is 1. The first kappa shape index (κ1) is 21.1. The molecular formula is C20H13ClF3N5OS. The normalized spacial score (nSPS) is 11.6. The van der Waals surface area contributed by atoms with Gasteiger partial charge < -0.3 is 5.32 Å². The van der Waals surface area contributed by atoms with Crippen molar-refractivity contribution < 1.29 is 18.0 Å². The van der Waals surface area contributed by atoms with E-state index in [2.05, 4.69) is 20.4 Å². The van der Waals surface area contributed by atoms with Gasteiger partial charge in [-0.25, -0.2) is 14.6 Å². The molecule has 31 heavy (non-hydrogen) atoms. The van der Waals surface area contributed by atoms with E-state index in [-0.39, 0.29) is 11.4 Å². The minimum absolute atomic E-state index is 0.0559. The van der Waals surface area contributed by atoms with Gasteiger partial charge in [-0.05, 0) is 30.3 Å². The molecule has 4 rings (SSSR count). The van der Waals surface area contributed by atoms with Crippen LogP contribution in [-0.4, -0.2) is 31.4 Å². The van der Waals surface area contributed by atoms with Crippen molar-refractivity contribution >= 4 is 46.0 Å². The molecule has 0 aliphatic heterocycles. The lowest BCUT2D eigenvalue weighted by Crippen LogP contribution is -2.15. The highest BCUT2D eigenvalue weighted by Crippen LogP contribution is 2.31. The number of rotatable bonds is 5. The van der Waals surface area contributed by atoms with Gasteiger partial charge in [-0.1, -0.05) is 41.6 Å². The minimum atomic E-state index is -4.48. The highest BCUT2D eigenvalue weighted by molar-refractivity contribution is 8.00. The number of nitrogens with one attached hydrogen (secondary N) is 1. The summed E-state index contributed by atoms with van der Waals surface area (Å²) in [6.07, 6.45) is -1.56. The third-order valence-electron chi connectivity index (χ3n) is 4.22. The summed E-state index contributed by atoms with van der Waals surface area (Å²) >= 11 is 7.37. The zero-order valence-corrected chi connectivity index (χ0v) is 17.2. The Balaban J connectivity index is 1.50. The number of aromatic nitrogens is 4. The van der Waals surface area contributed by atoms with Gasteiger partial charge in [-0.2, -0.15) is 18.3 Å². The lowest BCUT2D eigenvalue weighted by Gasteiger charge is -2.10. The Morgan fingerprint density at radius 2 is 1.94 bits per heavy atom. The predicted molar refractivity (Wildman–Crippen MR) is 112 cm³/mol. The second-order valence-electron chi connectivity index (χ2n) is 6.34. The first-order chi connectivity index (χ1) is 14.8. The Bertz CT molecular complexity index is 1260. The van der Waals surface area contributed by atoms with E-state index in [1.165, 1.54) is 18.5 Å². The summed E-state index contributed by atoms with van der Waals surface area (Å²) in [7, 11) is 0. The van der Waals surface area contributed by atoms with Crippen molar-refractivity contribution in [2.24, 2.45) is 0 Å². The molecule has 158 valence electrons. The first-order valence-corrected chi connectivity index (χ1v) is 10.2. The van der Waals surface area contributed by atoms with Gasteiger partial charge in [0, 0.05) is 5.69 Å². The third kappa shape index (κ3) is 4.64. The van der Waals surface area contributed by atoms with Crippen molar-refractivity contribution in [2.75, 3.05) is 11.1 Å². The molecule has 1 N–H and O–H groups in total. The van der Waals surface area contributed by atoms with Crippen LogP contribution in [0, 0.1) is 0 Å². The molecule has 0 unspecified atom stereocenters. The average Bonchev–Trinajstić information content (AvgIpc) is 3.17. The molecular weight excluding hydrogens is 451 g/mol. The van der Waals surface area contributed by atoms with Crippen LogP contribution in [0.25, 0.3) is 16.7 Å². The Hall–Kier alpha value is -3.11. The maximum Gasteiger partial charge on any atom is 0.416 e. The average molecular weight is 464 g/mol. The molecule has 6 nitrogen and oxygen atoms in total. The van der Waals surface area contributed by atoms with E-state index in [9.17, 15) is 18.0 Å². The number of carbonyl (C=O) groups excluding carboxylic acids is 1. The number of benzene rings is 2. The molecule has 0 bridgehead atoms. The summed E-state index contributed by atoms with van der Waals surface area (Å²) in [4.78, 5) is 20.7. The van der Waals surface area contributed by atoms with Crippen LogP contribution < -0.4 is 5.32 Å². The van der Waals surface area contributed by atoms with Gasteiger partial charge in [0.15, 0.2) is 5.65 Å². The quantitative estimate of drug-likeness (QED) is 0.324. The molecule has 0 aliphatic rings. The fourth-order valence-electron chi connectivity index (χ4n) is 2.84. The Kier molecular flexibility index (Phi) is 5.84. The number of hydrogen-bond acceptors (Lipinski definition) is 5. The number of halogens is 4. The lowest BCUT2D eigenvalue weighted by atomic mass is 10.2. The topological polar surface area (TPSA) is 72.7 Å². The smallest absolute Gasteiger partial charge is 0.325 e. The van der Waals surface area contributed by atoms with Crippen LogP contribution in [0.2, 0.25) is 5.02 Å². The summed E-state index contributed by atoms with van der Waals surface area (Å²) in [5.74, 6) is -0.519. The van der Waals surface area contributed by atoms with E-state index >= 15 is 0 Å². The largest absolute Gasteiger partial charge is 0.416 e. The SMILES string of the molecule is O=C(CSc1ncnc2c1cnn2-c1ccccc1Cl)Nc1cccc(C(F)(F)F)c1. The number of para-hydroxylation sites is 1. The number of anilines is 1. The lowest BCUT2D eigenvalue weighted by molar-refractivity contribution is -0.137. The van der Waals surface area contributed by atoms with Crippen LogP contribution in [0.3, 0.4) is 0 Å². The van der Waals surface area contributed by atoms with E-state index in [1.807, 2.05) is 6.07 Å². The Morgan fingerprint density at radius 3 is 2.71 bits per heavy atom. The number of nitrogens with zero attached hydrogens (tertiary/aromatic N) is 4. The van der Waals surface area contributed by atoms with Gasteiger partial charge in [-0.3, -0.25) is 4.79 Å². The summed E-state index contributed by atoms with van der Waals surface area (Å²) in [6, 6.07) is 11.6. The number of hydrogen-bond donors (Lipinski definition) is 1. The van der Waals surface area contributed by atoms with E-state index in [1.54, 1.807) is 29.1 Å². The van der Waals surface area contributed by atoms with Crippen LogP contribution in [-0.2, 0) is 11.0 Å². The van der Waals surface area contributed by atoms with Gasteiger partial charge in [0.05, 0.1) is 33.6 Å². The molecule has 0 saturated carbocycles. The molecule has 4 aromatic rings. The van der Waals surface area contributed by atoms with Crippen molar-refractivity contribution in [3.05, 3.63) is 71.6 Å². The molecule has 2 aromatic carbocycles. The third-order valence-corrected chi connectivity index (χ3v) is 5.55. The second-order valence-corrected chi connectivity index (χ2v) is 7.71. The molecule has 0 radical (unpaired) electrons. The van der Waals surface area contributed by atoms with Gasteiger partial charge in [0.25, 0.3) is 0 Å². The number of alkyl halides is 3. The summed E-state index contributed by atoms with van der Waals surface area (Å²) < 4.78 is 40.1. The van der Waals surface area contributed by atoms with Crippen molar-refractivity contribution in [1.29, 1.82) is 0 Å². The zero-order valence-electron chi connectivity index (χ0n) is 15.6. The fraction of sp³-hybridized carbons (Fsp3) is 0.100. The van der Waals surface area contributed by atoms with E-state index in [0.29, 0.717) is 26.8 Å². The molecule has 0 spiro atoms. The molecule has 0 fully saturated rings. The van der Waals surface area contributed by atoms with Gasteiger partial charge in [0.2, 0.25) is 5.91 Å². The highest BCUT2D eigenvalue weighted by atomic mass is 35.5. The Labute approximate surface area is 183 Å². The molecule has 0 atom stereocenters. The summed E-state index contributed by atoms with van der Waals surface area (Å²) in [6.45, 7) is 0. The molecule has 2 aromatic heterocycles. The fourth-order valence-corrected chi connectivity index (χ4v) is 3.82. The monoisotopic (exact) mass is 463 g/mol. The van der Waals surface area contributed by atoms with Crippen LogP contribution in [0.15, 0.2) is 66.1 Å². The summed E-state index contributed by atoms with van der Waals surface area (Å²) in [5, 5.41) is 8.43. The standard InChI is InChI=1S/C20H13ClF3N5OS/c21-15-6-1-2-7-16(15)29-18-14(9-27-29)19(26-11-25-18)31-10-17(30)28-13-5-3-4-12(8-13)20(22,23)24/h1-9,11H,10H2,(H,28,30). The van der Waals surface area contributed by atoms with E-state index in [0.717, 1.165) is 23.9 Å². The predicted octanol–water partition coefficient (Wildman–Crippen LogP) is 5.22. The molecule has 2 heterocycles. The van der Waals surface area contributed by atoms with Crippen molar-refractivity contribution in [1.82, 2.24) is 19.7 Å². The van der Waals surface area contributed by atoms with Crippen LogP contribution in [0.4, 0.5) is 18.9 Å². The van der Waals surface area contributed by atoms with Gasteiger partial charge in [0.1, 0.15) is 11.4 Å². The van der Waals surface area contributed by atoms with E-state index in [4.69, 9.17) is 11.6 Å². The van der Waals surface area contributed by atoms with Gasteiger partial charge in [-0.15, -0.1) is 0 Å². The highest BCUT2D eigenvalue weighted by Gasteiger charge is 2.30. The molecule has 11 heteroatoms. The van der Waals surface area contributed by atoms with Crippen molar-refractivity contribution in [3.63, 3.8) is 0 Å². The molecule has 1 amide bonds. The maximum absolute atomic E-state index is 12.8. The number of thioether (sulfide) groups is 1. The van der Waals surface area contributed by atoms with Crippen LogP contribution >= 0.6 is 23.4 Å². The second kappa shape index (κ2) is 8.56. The molecule has 0 saturated heterocycles. The maximum atomic E-state index is 12.8. The minimum Gasteiger partial charge on any atom is -0.325 e. The van der Waals surface area contributed by atoms with Gasteiger partial charge >= 0.3 is 6.18 Å². The van der Waals surface area contributed by atoms with E-state index < -0.39 is 17.6 Å². The first-order valence-electron chi connectivity index (χ1n) is 8.86. The number of amides is 1. The number of fused-ring (bicyclic) bond motifs is 1. The molecule has 0 aliphatic carbocycles. The zero-order chi connectivity index (χ0) is 22.0. The van der Waals surface area contributed by atoms with Crippen LogP contribution in [0.5, 0.6) is 0 Å². The van der Waals surface area contributed by atoms with Crippen molar-refractivity contribution in [2.45, 2.75) is 11.2 Å².